The molecule has 0 spiro atoms. The molecule has 3 heterocycles. The Morgan fingerprint density at radius 1 is 1.50 bits per heavy atom. The summed E-state index contributed by atoms with van der Waals surface area (Å²) in [4.78, 5) is 8.63. The number of rotatable bonds is 5. The molecule has 22 heavy (non-hydrogen) atoms. The van der Waals surface area contributed by atoms with E-state index in [9.17, 15) is 0 Å². The van der Waals surface area contributed by atoms with Gasteiger partial charge in [-0.25, -0.2) is 14.7 Å². The summed E-state index contributed by atoms with van der Waals surface area (Å²) in [6, 6.07) is 5.73. The predicted octanol–water partition coefficient (Wildman–Crippen LogP) is 0.851. The lowest BCUT2D eigenvalue weighted by Gasteiger charge is -2.11. The summed E-state index contributed by atoms with van der Waals surface area (Å²) in [5, 5.41) is 7.27. The summed E-state index contributed by atoms with van der Waals surface area (Å²) >= 11 is 0. The minimum absolute atomic E-state index is 0.251. The molecule has 2 aromatic heterocycles. The largest absolute Gasteiger partial charge is 0.376 e. The van der Waals surface area contributed by atoms with Crippen molar-refractivity contribution in [2.75, 3.05) is 13.2 Å². The van der Waals surface area contributed by atoms with Gasteiger partial charge < -0.3 is 15.8 Å². The van der Waals surface area contributed by atoms with Crippen molar-refractivity contribution in [2.45, 2.75) is 25.5 Å². The lowest BCUT2D eigenvalue weighted by Crippen LogP contribution is -2.37. The molecular formula is C15H20N6O. The Labute approximate surface area is 129 Å². The summed E-state index contributed by atoms with van der Waals surface area (Å²) in [6.45, 7) is 2.06. The first kappa shape index (κ1) is 14.5. The van der Waals surface area contributed by atoms with Crippen molar-refractivity contribution in [1.82, 2.24) is 20.1 Å². The number of nitrogens with two attached hydrogens (primary N) is 1. The SMILES string of the molecule is NC(=NCc1ccnc(-n2cccn2)c1)NCC1CCCO1. The number of hydrogen-bond donors (Lipinski definition) is 2. The minimum atomic E-state index is 0.251. The topological polar surface area (TPSA) is 90.4 Å². The van der Waals surface area contributed by atoms with Crippen molar-refractivity contribution < 1.29 is 4.74 Å². The molecule has 116 valence electrons. The summed E-state index contributed by atoms with van der Waals surface area (Å²) in [5.74, 6) is 1.21. The van der Waals surface area contributed by atoms with Crippen LogP contribution in [0.15, 0.2) is 41.8 Å². The summed E-state index contributed by atoms with van der Waals surface area (Å²) in [7, 11) is 0. The van der Waals surface area contributed by atoms with Crippen molar-refractivity contribution in [2.24, 2.45) is 10.7 Å². The Balaban J connectivity index is 1.56. The predicted molar refractivity (Wildman–Crippen MR) is 83.7 cm³/mol. The van der Waals surface area contributed by atoms with E-state index in [4.69, 9.17) is 10.5 Å². The Morgan fingerprint density at radius 3 is 3.23 bits per heavy atom. The Morgan fingerprint density at radius 2 is 2.45 bits per heavy atom. The average Bonchev–Trinajstić information content (AvgIpc) is 3.24. The van der Waals surface area contributed by atoms with Crippen LogP contribution in [-0.2, 0) is 11.3 Å². The van der Waals surface area contributed by atoms with Crippen LogP contribution in [0, 0.1) is 0 Å². The van der Waals surface area contributed by atoms with Gasteiger partial charge in [-0.05, 0) is 36.6 Å². The zero-order chi connectivity index (χ0) is 15.2. The highest BCUT2D eigenvalue weighted by atomic mass is 16.5. The van der Waals surface area contributed by atoms with Gasteiger partial charge >= 0.3 is 0 Å². The van der Waals surface area contributed by atoms with Crippen molar-refractivity contribution >= 4 is 5.96 Å². The first-order valence-corrected chi connectivity index (χ1v) is 7.41. The van der Waals surface area contributed by atoms with E-state index in [1.807, 2.05) is 24.4 Å². The maximum atomic E-state index is 5.88. The second-order valence-corrected chi connectivity index (χ2v) is 5.19. The van der Waals surface area contributed by atoms with Gasteiger partial charge in [0.15, 0.2) is 11.8 Å². The van der Waals surface area contributed by atoms with Crippen LogP contribution in [0.3, 0.4) is 0 Å². The third-order valence-corrected chi connectivity index (χ3v) is 3.52. The summed E-state index contributed by atoms with van der Waals surface area (Å²) in [6.07, 6.45) is 7.78. The fraction of sp³-hybridized carbons (Fsp3) is 0.400. The highest BCUT2D eigenvalue weighted by molar-refractivity contribution is 5.77. The third kappa shape index (κ3) is 3.82. The highest BCUT2D eigenvalue weighted by Gasteiger charge is 2.14. The van der Waals surface area contributed by atoms with E-state index in [1.165, 1.54) is 0 Å². The molecule has 1 aliphatic heterocycles. The van der Waals surface area contributed by atoms with E-state index in [1.54, 1.807) is 17.1 Å². The molecule has 2 aromatic rings. The number of ether oxygens (including phenoxy) is 1. The van der Waals surface area contributed by atoms with Gasteiger partial charge in [-0.15, -0.1) is 0 Å². The van der Waals surface area contributed by atoms with Gasteiger partial charge in [-0.2, -0.15) is 5.10 Å². The smallest absolute Gasteiger partial charge is 0.189 e. The zero-order valence-electron chi connectivity index (χ0n) is 12.4. The number of aromatic nitrogens is 3. The lowest BCUT2D eigenvalue weighted by molar-refractivity contribution is 0.114. The average molecular weight is 300 g/mol. The van der Waals surface area contributed by atoms with E-state index in [0.29, 0.717) is 19.0 Å². The Hall–Kier alpha value is -2.41. The number of guanidine groups is 1. The maximum Gasteiger partial charge on any atom is 0.189 e. The van der Waals surface area contributed by atoms with Crippen molar-refractivity contribution in [3.8, 4) is 5.82 Å². The van der Waals surface area contributed by atoms with Gasteiger partial charge in [0, 0.05) is 31.7 Å². The van der Waals surface area contributed by atoms with Crippen LogP contribution < -0.4 is 11.1 Å². The molecule has 3 N–H and O–H groups in total. The molecule has 7 heteroatoms. The van der Waals surface area contributed by atoms with Gasteiger partial charge in [0.2, 0.25) is 0 Å². The standard InChI is InChI=1S/C15H20N6O/c16-15(19-11-13-3-1-8-22-13)18-10-12-4-6-17-14(9-12)21-7-2-5-20-21/h2,4-7,9,13H,1,3,8,10-11H2,(H3,16,18,19). The molecule has 0 radical (unpaired) electrons. The molecule has 1 saturated heterocycles. The van der Waals surface area contributed by atoms with Crippen LogP contribution in [0.1, 0.15) is 18.4 Å². The van der Waals surface area contributed by atoms with E-state index >= 15 is 0 Å². The normalized spacial score (nSPS) is 18.5. The molecule has 1 unspecified atom stereocenters. The van der Waals surface area contributed by atoms with Crippen LogP contribution in [-0.4, -0.2) is 40.0 Å². The van der Waals surface area contributed by atoms with Gasteiger partial charge in [0.05, 0.1) is 12.6 Å². The first-order valence-electron chi connectivity index (χ1n) is 7.41. The fourth-order valence-electron chi connectivity index (χ4n) is 2.34. The van der Waals surface area contributed by atoms with Crippen molar-refractivity contribution in [1.29, 1.82) is 0 Å². The molecule has 0 aromatic carbocycles. The second-order valence-electron chi connectivity index (χ2n) is 5.19. The Bertz CT molecular complexity index is 619. The van der Waals surface area contributed by atoms with Crippen LogP contribution in [0.25, 0.3) is 5.82 Å². The van der Waals surface area contributed by atoms with Crippen LogP contribution in [0.4, 0.5) is 0 Å². The fourth-order valence-corrected chi connectivity index (χ4v) is 2.34. The van der Waals surface area contributed by atoms with Crippen LogP contribution in [0.2, 0.25) is 0 Å². The van der Waals surface area contributed by atoms with Crippen LogP contribution in [0.5, 0.6) is 0 Å². The van der Waals surface area contributed by atoms with E-state index < -0.39 is 0 Å². The lowest BCUT2D eigenvalue weighted by atomic mass is 10.2. The molecular weight excluding hydrogens is 280 g/mol. The van der Waals surface area contributed by atoms with Crippen LogP contribution >= 0.6 is 0 Å². The quantitative estimate of drug-likeness (QED) is 0.631. The molecule has 0 aliphatic carbocycles. The first-order chi connectivity index (χ1) is 10.8. The molecule has 1 aliphatic rings. The monoisotopic (exact) mass is 300 g/mol. The minimum Gasteiger partial charge on any atom is -0.376 e. The second kappa shape index (κ2) is 7.04. The molecule has 1 atom stereocenters. The van der Waals surface area contributed by atoms with Gasteiger partial charge in [-0.3, -0.25) is 0 Å². The Kier molecular flexibility index (Phi) is 4.65. The molecule has 7 nitrogen and oxygen atoms in total. The number of pyridine rings is 1. The molecule has 0 bridgehead atoms. The molecule has 0 amide bonds. The maximum absolute atomic E-state index is 5.88. The number of hydrogen-bond acceptors (Lipinski definition) is 4. The number of nitrogens with zero attached hydrogens (tertiary/aromatic N) is 4. The summed E-state index contributed by atoms with van der Waals surface area (Å²) in [5.41, 5.74) is 6.91. The molecule has 3 rings (SSSR count). The molecule has 1 fully saturated rings. The highest BCUT2D eigenvalue weighted by Crippen LogP contribution is 2.10. The summed E-state index contributed by atoms with van der Waals surface area (Å²) < 4.78 is 7.25. The number of nitrogens with one attached hydrogen (secondary N) is 1. The van der Waals surface area contributed by atoms with Gasteiger partial charge in [-0.1, -0.05) is 0 Å². The van der Waals surface area contributed by atoms with Gasteiger partial charge in [0.25, 0.3) is 0 Å². The zero-order valence-corrected chi connectivity index (χ0v) is 12.4. The number of aliphatic imine (C=N–C) groups is 1. The van der Waals surface area contributed by atoms with Crippen molar-refractivity contribution in [3.05, 3.63) is 42.4 Å². The third-order valence-electron chi connectivity index (χ3n) is 3.52. The van der Waals surface area contributed by atoms with E-state index in [2.05, 4.69) is 20.4 Å². The van der Waals surface area contributed by atoms with E-state index in [-0.39, 0.29) is 6.10 Å². The van der Waals surface area contributed by atoms with Gasteiger partial charge in [0.1, 0.15) is 0 Å². The van der Waals surface area contributed by atoms with E-state index in [0.717, 1.165) is 30.8 Å². The molecule has 0 saturated carbocycles. The van der Waals surface area contributed by atoms with Crippen molar-refractivity contribution in [3.63, 3.8) is 0 Å².